The molecule has 0 aliphatic heterocycles. The van der Waals surface area contributed by atoms with Crippen LogP contribution in [0.1, 0.15) is 30.4 Å². The Morgan fingerprint density at radius 2 is 1.85 bits per heavy atom. The van der Waals surface area contributed by atoms with Gasteiger partial charge < -0.3 is 5.11 Å². The standard InChI is InChI=1S/C17H18BrFO/c1-12(13-5-3-2-4-6-13)9-16(20)10-14-7-8-15(18)11-17(14)19/h2-8,11-12,16,20H,9-10H2,1H3. The van der Waals surface area contributed by atoms with Crippen molar-refractivity contribution in [3.63, 3.8) is 0 Å². The lowest BCUT2D eigenvalue weighted by atomic mass is 9.92. The molecule has 3 heteroatoms. The first-order valence-corrected chi connectivity index (χ1v) is 7.52. The molecule has 0 heterocycles. The van der Waals surface area contributed by atoms with Crippen molar-refractivity contribution in [2.45, 2.75) is 31.8 Å². The summed E-state index contributed by atoms with van der Waals surface area (Å²) in [5.41, 5.74) is 1.75. The Labute approximate surface area is 127 Å². The van der Waals surface area contributed by atoms with Crippen LogP contribution in [0.25, 0.3) is 0 Å². The summed E-state index contributed by atoms with van der Waals surface area (Å²) in [6.45, 7) is 2.08. The van der Waals surface area contributed by atoms with Gasteiger partial charge in [0.25, 0.3) is 0 Å². The minimum Gasteiger partial charge on any atom is -0.393 e. The van der Waals surface area contributed by atoms with Gasteiger partial charge in [-0.2, -0.15) is 0 Å². The van der Waals surface area contributed by atoms with E-state index in [1.807, 2.05) is 18.2 Å². The Morgan fingerprint density at radius 3 is 2.50 bits per heavy atom. The largest absolute Gasteiger partial charge is 0.393 e. The molecule has 0 radical (unpaired) electrons. The molecule has 2 aromatic rings. The second kappa shape index (κ2) is 7.00. The van der Waals surface area contributed by atoms with Crippen LogP contribution in [0.2, 0.25) is 0 Å². The number of aliphatic hydroxyl groups excluding tert-OH is 1. The normalized spacial score (nSPS) is 14.0. The predicted octanol–water partition coefficient (Wildman–Crippen LogP) is 4.69. The van der Waals surface area contributed by atoms with Crippen LogP contribution in [0.3, 0.4) is 0 Å². The van der Waals surface area contributed by atoms with Crippen LogP contribution in [0, 0.1) is 5.82 Å². The van der Waals surface area contributed by atoms with Crippen molar-refractivity contribution in [2.75, 3.05) is 0 Å². The summed E-state index contributed by atoms with van der Waals surface area (Å²) in [7, 11) is 0. The van der Waals surface area contributed by atoms with Crippen LogP contribution < -0.4 is 0 Å². The zero-order chi connectivity index (χ0) is 14.5. The van der Waals surface area contributed by atoms with Gasteiger partial charge in [-0.3, -0.25) is 0 Å². The Balaban J connectivity index is 1.97. The van der Waals surface area contributed by atoms with E-state index >= 15 is 0 Å². The Morgan fingerprint density at radius 1 is 1.15 bits per heavy atom. The lowest BCUT2D eigenvalue weighted by Gasteiger charge is -2.17. The summed E-state index contributed by atoms with van der Waals surface area (Å²) in [4.78, 5) is 0. The van der Waals surface area contributed by atoms with Crippen molar-refractivity contribution in [3.05, 3.63) is 69.9 Å². The highest BCUT2D eigenvalue weighted by Gasteiger charge is 2.14. The van der Waals surface area contributed by atoms with E-state index < -0.39 is 6.10 Å². The third kappa shape index (κ3) is 4.15. The first-order valence-electron chi connectivity index (χ1n) is 6.73. The van der Waals surface area contributed by atoms with Gasteiger partial charge in [0.2, 0.25) is 0 Å². The highest BCUT2D eigenvalue weighted by Crippen LogP contribution is 2.23. The van der Waals surface area contributed by atoms with Crippen LogP contribution in [0.15, 0.2) is 53.0 Å². The third-order valence-electron chi connectivity index (χ3n) is 3.46. The summed E-state index contributed by atoms with van der Waals surface area (Å²) in [5.74, 6) is -0.0181. The molecule has 1 nitrogen and oxygen atoms in total. The molecule has 2 unspecified atom stereocenters. The van der Waals surface area contributed by atoms with E-state index in [2.05, 4.69) is 35.0 Å². The summed E-state index contributed by atoms with van der Waals surface area (Å²) < 4.78 is 14.4. The first-order chi connectivity index (χ1) is 9.56. The fourth-order valence-corrected chi connectivity index (χ4v) is 2.68. The van der Waals surface area contributed by atoms with Gasteiger partial charge >= 0.3 is 0 Å². The maximum Gasteiger partial charge on any atom is 0.127 e. The van der Waals surface area contributed by atoms with Crippen molar-refractivity contribution >= 4 is 15.9 Å². The van der Waals surface area contributed by atoms with E-state index in [0.717, 1.165) is 0 Å². The Kier molecular flexibility index (Phi) is 5.32. The van der Waals surface area contributed by atoms with Crippen molar-refractivity contribution in [1.29, 1.82) is 0 Å². The molecule has 0 bridgehead atoms. The second-order valence-electron chi connectivity index (χ2n) is 5.14. The van der Waals surface area contributed by atoms with Gasteiger partial charge in [0, 0.05) is 10.9 Å². The molecule has 0 saturated carbocycles. The van der Waals surface area contributed by atoms with Gasteiger partial charge in [-0.25, -0.2) is 4.39 Å². The highest BCUT2D eigenvalue weighted by molar-refractivity contribution is 9.10. The molecule has 20 heavy (non-hydrogen) atoms. The van der Waals surface area contributed by atoms with E-state index in [1.165, 1.54) is 11.6 Å². The monoisotopic (exact) mass is 336 g/mol. The maximum atomic E-state index is 13.7. The van der Waals surface area contributed by atoms with Crippen LogP contribution in [-0.4, -0.2) is 11.2 Å². The summed E-state index contributed by atoms with van der Waals surface area (Å²) >= 11 is 3.23. The minimum atomic E-state index is -0.541. The molecule has 2 aromatic carbocycles. The summed E-state index contributed by atoms with van der Waals surface area (Å²) in [5, 5.41) is 10.1. The molecule has 0 aliphatic carbocycles. The van der Waals surface area contributed by atoms with Gasteiger partial charge in [0.15, 0.2) is 0 Å². The molecule has 0 spiro atoms. The fourth-order valence-electron chi connectivity index (χ4n) is 2.35. The van der Waals surface area contributed by atoms with E-state index in [4.69, 9.17) is 0 Å². The van der Waals surface area contributed by atoms with E-state index in [1.54, 1.807) is 12.1 Å². The summed E-state index contributed by atoms with van der Waals surface area (Å²) in [6, 6.07) is 15.0. The third-order valence-corrected chi connectivity index (χ3v) is 3.96. The predicted molar refractivity (Wildman–Crippen MR) is 83.3 cm³/mol. The molecule has 0 amide bonds. The second-order valence-corrected chi connectivity index (χ2v) is 6.06. The SMILES string of the molecule is CC(CC(O)Cc1ccc(Br)cc1F)c1ccccc1. The Hall–Kier alpha value is -1.19. The van der Waals surface area contributed by atoms with Crippen LogP contribution in [0.4, 0.5) is 4.39 Å². The van der Waals surface area contributed by atoms with Crippen LogP contribution in [-0.2, 0) is 6.42 Å². The number of hydrogen-bond donors (Lipinski definition) is 1. The lowest BCUT2D eigenvalue weighted by molar-refractivity contribution is 0.156. The van der Waals surface area contributed by atoms with Gasteiger partial charge in [-0.05, 0) is 35.6 Å². The summed E-state index contributed by atoms with van der Waals surface area (Å²) in [6.07, 6.45) is 0.427. The highest BCUT2D eigenvalue weighted by atomic mass is 79.9. The molecule has 106 valence electrons. The molecule has 0 aliphatic rings. The molecule has 0 saturated heterocycles. The zero-order valence-corrected chi connectivity index (χ0v) is 13.0. The smallest absolute Gasteiger partial charge is 0.127 e. The molecule has 2 rings (SSSR count). The van der Waals surface area contributed by atoms with E-state index in [-0.39, 0.29) is 11.7 Å². The number of rotatable bonds is 5. The van der Waals surface area contributed by atoms with Gasteiger partial charge in [0.05, 0.1) is 6.10 Å². The average Bonchev–Trinajstić information content (AvgIpc) is 2.43. The number of benzene rings is 2. The molecule has 0 aromatic heterocycles. The quantitative estimate of drug-likeness (QED) is 0.840. The molecule has 0 fully saturated rings. The zero-order valence-electron chi connectivity index (χ0n) is 11.4. The number of hydrogen-bond acceptors (Lipinski definition) is 1. The topological polar surface area (TPSA) is 20.2 Å². The van der Waals surface area contributed by atoms with Crippen molar-refractivity contribution in [2.24, 2.45) is 0 Å². The number of aliphatic hydroxyl groups is 1. The molecular weight excluding hydrogens is 319 g/mol. The van der Waals surface area contributed by atoms with Crippen LogP contribution >= 0.6 is 15.9 Å². The van der Waals surface area contributed by atoms with Gasteiger partial charge in [-0.1, -0.05) is 59.3 Å². The Bertz CT molecular complexity index is 556. The van der Waals surface area contributed by atoms with E-state index in [0.29, 0.717) is 22.9 Å². The molecular formula is C17H18BrFO. The average molecular weight is 337 g/mol. The first kappa shape index (κ1) is 15.2. The lowest BCUT2D eigenvalue weighted by Crippen LogP contribution is -2.14. The number of halogens is 2. The van der Waals surface area contributed by atoms with Crippen molar-refractivity contribution < 1.29 is 9.50 Å². The molecule has 2 atom stereocenters. The maximum absolute atomic E-state index is 13.7. The minimum absolute atomic E-state index is 0.254. The molecule has 1 N–H and O–H groups in total. The van der Waals surface area contributed by atoms with E-state index in [9.17, 15) is 9.50 Å². The fraction of sp³-hybridized carbons (Fsp3) is 0.294. The van der Waals surface area contributed by atoms with Gasteiger partial charge in [-0.15, -0.1) is 0 Å². The van der Waals surface area contributed by atoms with Gasteiger partial charge in [0.1, 0.15) is 5.82 Å². The van der Waals surface area contributed by atoms with Crippen LogP contribution in [0.5, 0.6) is 0 Å². The van der Waals surface area contributed by atoms with Crippen molar-refractivity contribution in [1.82, 2.24) is 0 Å². The van der Waals surface area contributed by atoms with Crippen molar-refractivity contribution in [3.8, 4) is 0 Å².